The van der Waals surface area contributed by atoms with Crippen LogP contribution in [0, 0.1) is 5.82 Å². The number of ether oxygens (including phenoxy) is 1. The number of hydrogen-bond donors (Lipinski definition) is 2. The zero-order valence-corrected chi connectivity index (χ0v) is 10.5. The van der Waals surface area contributed by atoms with Crippen LogP contribution in [0.4, 0.5) is 4.39 Å². The Morgan fingerprint density at radius 3 is 2.71 bits per heavy atom. The lowest BCUT2D eigenvalue weighted by atomic mass is 10.1. The summed E-state index contributed by atoms with van der Waals surface area (Å²) in [6, 6.07) is 5.14. The summed E-state index contributed by atoms with van der Waals surface area (Å²) in [6.07, 6.45) is 0.697. The fourth-order valence-corrected chi connectivity index (χ4v) is 1.75. The summed E-state index contributed by atoms with van der Waals surface area (Å²) in [5.41, 5.74) is 0.966. The van der Waals surface area contributed by atoms with Gasteiger partial charge in [-0.2, -0.15) is 0 Å². The van der Waals surface area contributed by atoms with Crippen LogP contribution in [0.25, 0.3) is 0 Å². The van der Waals surface area contributed by atoms with Crippen LogP contribution >= 0.6 is 0 Å². The second-order valence-corrected chi connectivity index (χ2v) is 4.20. The first-order valence-electron chi connectivity index (χ1n) is 5.78. The molecule has 0 spiro atoms. The minimum absolute atomic E-state index is 0.0889. The third-order valence-electron chi connectivity index (χ3n) is 2.77. The molecule has 0 bridgehead atoms. The molecule has 2 N–H and O–H groups in total. The fourth-order valence-electron chi connectivity index (χ4n) is 1.75. The Kier molecular flexibility index (Phi) is 5.38. The van der Waals surface area contributed by atoms with Gasteiger partial charge in [0.2, 0.25) is 0 Å². The van der Waals surface area contributed by atoms with Gasteiger partial charge in [0.05, 0.1) is 7.11 Å². The van der Waals surface area contributed by atoms with Crippen molar-refractivity contribution in [2.75, 3.05) is 13.7 Å². The second kappa shape index (κ2) is 6.57. The molecule has 0 saturated heterocycles. The van der Waals surface area contributed by atoms with Crippen molar-refractivity contribution in [2.45, 2.75) is 32.4 Å². The van der Waals surface area contributed by atoms with Crippen LogP contribution in [0.1, 0.15) is 31.9 Å². The summed E-state index contributed by atoms with van der Waals surface area (Å²) in [5, 5.41) is 12.2. The van der Waals surface area contributed by atoms with Crippen molar-refractivity contribution >= 4 is 0 Å². The topological polar surface area (TPSA) is 41.5 Å². The maximum Gasteiger partial charge on any atom is 0.165 e. The van der Waals surface area contributed by atoms with Crippen LogP contribution in [-0.4, -0.2) is 24.9 Å². The average molecular weight is 241 g/mol. The van der Waals surface area contributed by atoms with Crippen molar-refractivity contribution < 1.29 is 14.2 Å². The molecule has 0 aromatic heterocycles. The van der Waals surface area contributed by atoms with E-state index in [1.807, 2.05) is 13.8 Å². The molecule has 2 atom stereocenters. The Bertz CT molecular complexity index is 357. The van der Waals surface area contributed by atoms with Crippen LogP contribution in [0.5, 0.6) is 5.75 Å². The Morgan fingerprint density at radius 1 is 1.41 bits per heavy atom. The van der Waals surface area contributed by atoms with Crippen LogP contribution in [0.15, 0.2) is 18.2 Å². The highest BCUT2D eigenvalue weighted by Crippen LogP contribution is 2.22. The van der Waals surface area contributed by atoms with Crippen LogP contribution in [-0.2, 0) is 0 Å². The molecule has 96 valence electrons. The van der Waals surface area contributed by atoms with E-state index in [-0.39, 0.29) is 30.3 Å². The van der Waals surface area contributed by atoms with Crippen molar-refractivity contribution in [3.05, 3.63) is 29.6 Å². The predicted octanol–water partition coefficient (Wildman–Crippen LogP) is 2.26. The summed E-state index contributed by atoms with van der Waals surface area (Å²) in [4.78, 5) is 0. The molecule has 1 aromatic carbocycles. The lowest BCUT2D eigenvalue weighted by molar-refractivity contribution is 0.264. The van der Waals surface area contributed by atoms with Crippen LogP contribution in [0.3, 0.4) is 0 Å². The molecule has 3 nitrogen and oxygen atoms in total. The van der Waals surface area contributed by atoms with E-state index in [1.54, 1.807) is 12.1 Å². The van der Waals surface area contributed by atoms with Gasteiger partial charge in [-0.25, -0.2) is 4.39 Å². The molecular weight excluding hydrogens is 221 g/mol. The van der Waals surface area contributed by atoms with E-state index in [2.05, 4.69) is 5.32 Å². The van der Waals surface area contributed by atoms with Gasteiger partial charge in [0.1, 0.15) is 0 Å². The van der Waals surface area contributed by atoms with Gasteiger partial charge in [-0.05, 0) is 38.0 Å². The van der Waals surface area contributed by atoms with Gasteiger partial charge >= 0.3 is 0 Å². The zero-order chi connectivity index (χ0) is 12.8. The second-order valence-electron chi connectivity index (χ2n) is 4.20. The smallest absolute Gasteiger partial charge is 0.165 e. The zero-order valence-electron chi connectivity index (χ0n) is 10.5. The molecule has 1 rings (SSSR count). The lowest BCUT2D eigenvalue weighted by Gasteiger charge is -2.20. The van der Waals surface area contributed by atoms with Gasteiger partial charge in [-0.15, -0.1) is 0 Å². The number of nitrogens with one attached hydrogen (secondary N) is 1. The predicted molar refractivity (Wildman–Crippen MR) is 65.7 cm³/mol. The van der Waals surface area contributed by atoms with E-state index in [1.165, 1.54) is 13.2 Å². The maximum absolute atomic E-state index is 13.2. The highest BCUT2D eigenvalue weighted by Gasteiger charge is 2.11. The quantitative estimate of drug-likeness (QED) is 0.802. The number of methoxy groups -OCH3 is 1. The van der Waals surface area contributed by atoms with Crippen molar-refractivity contribution in [2.24, 2.45) is 0 Å². The minimum atomic E-state index is -0.355. The molecular formula is C13H20FNO2. The first kappa shape index (κ1) is 13.9. The van der Waals surface area contributed by atoms with Crippen LogP contribution in [0.2, 0.25) is 0 Å². The normalized spacial score (nSPS) is 14.4. The number of rotatable bonds is 6. The van der Waals surface area contributed by atoms with Crippen molar-refractivity contribution in [1.82, 2.24) is 5.32 Å². The first-order chi connectivity index (χ1) is 8.08. The number of aliphatic hydroxyl groups is 1. The minimum Gasteiger partial charge on any atom is -0.494 e. The summed E-state index contributed by atoms with van der Waals surface area (Å²) in [6.45, 7) is 4.17. The van der Waals surface area contributed by atoms with Gasteiger partial charge in [0, 0.05) is 18.7 Å². The Labute approximate surface area is 102 Å². The molecule has 0 aliphatic heterocycles. The van der Waals surface area contributed by atoms with Crippen molar-refractivity contribution in [3.8, 4) is 5.75 Å². The highest BCUT2D eigenvalue weighted by molar-refractivity contribution is 5.31. The Morgan fingerprint density at radius 2 is 2.12 bits per heavy atom. The molecule has 0 fully saturated rings. The molecule has 0 aliphatic carbocycles. The molecule has 17 heavy (non-hydrogen) atoms. The molecule has 0 amide bonds. The number of aliphatic hydroxyl groups excluding tert-OH is 1. The average Bonchev–Trinajstić information content (AvgIpc) is 2.29. The molecule has 2 unspecified atom stereocenters. The summed E-state index contributed by atoms with van der Waals surface area (Å²) < 4.78 is 18.2. The van der Waals surface area contributed by atoms with E-state index in [0.717, 1.165) is 5.56 Å². The van der Waals surface area contributed by atoms with E-state index >= 15 is 0 Å². The monoisotopic (exact) mass is 241 g/mol. The fraction of sp³-hybridized carbons (Fsp3) is 0.538. The maximum atomic E-state index is 13.2. The van der Waals surface area contributed by atoms with Crippen LogP contribution < -0.4 is 10.1 Å². The molecule has 1 aromatic rings. The third kappa shape index (κ3) is 3.98. The third-order valence-corrected chi connectivity index (χ3v) is 2.77. The number of halogens is 1. The number of hydrogen-bond acceptors (Lipinski definition) is 3. The molecule has 4 heteroatoms. The van der Waals surface area contributed by atoms with Gasteiger partial charge in [0.15, 0.2) is 11.6 Å². The van der Waals surface area contributed by atoms with Crippen molar-refractivity contribution in [1.29, 1.82) is 0 Å². The molecule has 0 heterocycles. The van der Waals surface area contributed by atoms with Crippen molar-refractivity contribution in [3.63, 3.8) is 0 Å². The molecule has 0 saturated carbocycles. The SMILES string of the molecule is COc1cc(C(C)NC(C)CCO)ccc1F. The summed E-state index contributed by atoms with van der Waals surface area (Å²) >= 11 is 0. The van der Waals surface area contributed by atoms with E-state index < -0.39 is 0 Å². The summed E-state index contributed by atoms with van der Waals surface area (Å²) in [7, 11) is 1.45. The Hall–Kier alpha value is -1.13. The Balaban J connectivity index is 2.71. The first-order valence-corrected chi connectivity index (χ1v) is 5.78. The van der Waals surface area contributed by atoms with E-state index in [0.29, 0.717) is 6.42 Å². The van der Waals surface area contributed by atoms with Gasteiger partial charge in [0.25, 0.3) is 0 Å². The number of benzene rings is 1. The highest BCUT2D eigenvalue weighted by atomic mass is 19.1. The standard InChI is InChI=1S/C13H20FNO2/c1-9(6-7-16)15-10(2)11-4-5-12(14)13(8-11)17-3/h4-5,8-10,15-16H,6-7H2,1-3H3. The van der Waals surface area contributed by atoms with Gasteiger partial charge in [-0.3, -0.25) is 0 Å². The molecule has 0 radical (unpaired) electrons. The largest absolute Gasteiger partial charge is 0.494 e. The van der Waals surface area contributed by atoms with Gasteiger partial charge < -0.3 is 15.2 Å². The molecule has 0 aliphatic rings. The van der Waals surface area contributed by atoms with E-state index in [4.69, 9.17) is 9.84 Å². The summed E-state index contributed by atoms with van der Waals surface area (Å²) in [5.74, 6) is -0.0992. The van der Waals surface area contributed by atoms with E-state index in [9.17, 15) is 4.39 Å². The lowest BCUT2D eigenvalue weighted by Crippen LogP contribution is -2.29. The van der Waals surface area contributed by atoms with Gasteiger partial charge in [-0.1, -0.05) is 6.07 Å².